The number of likely N-dealkylation sites (tertiary alicyclic amines) is 1. The molecule has 1 aromatic carbocycles. The molecule has 3 saturated heterocycles. The summed E-state index contributed by atoms with van der Waals surface area (Å²) in [6.45, 7) is 2.40. The zero-order valence-electron chi connectivity index (χ0n) is 18.4. The molecule has 1 aromatic heterocycles. The Morgan fingerprint density at radius 3 is 2.52 bits per heavy atom. The van der Waals surface area contributed by atoms with E-state index in [4.69, 9.17) is 4.84 Å². The van der Waals surface area contributed by atoms with Gasteiger partial charge in [-0.2, -0.15) is 0 Å². The van der Waals surface area contributed by atoms with Gasteiger partial charge in [0.2, 0.25) is 0 Å². The van der Waals surface area contributed by atoms with Crippen LogP contribution in [0.1, 0.15) is 18.4 Å². The van der Waals surface area contributed by atoms with Gasteiger partial charge < -0.3 is 19.5 Å². The Kier molecular flexibility index (Phi) is 5.85. The number of aromatic nitrogens is 1. The van der Waals surface area contributed by atoms with Crippen LogP contribution < -0.4 is 4.90 Å². The fraction of sp³-hybridized carbons (Fsp3) is 0.417. The van der Waals surface area contributed by atoms with Crippen molar-refractivity contribution in [3.05, 3.63) is 60.4 Å². The smallest absolute Gasteiger partial charge is 0.366 e. The highest BCUT2D eigenvalue weighted by molar-refractivity contribution is 6.04. The zero-order chi connectivity index (χ0) is 22.8. The molecule has 4 amide bonds. The van der Waals surface area contributed by atoms with Crippen molar-refractivity contribution in [3.8, 4) is 0 Å². The fourth-order valence-corrected chi connectivity index (χ4v) is 4.83. The van der Waals surface area contributed by atoms with Crippen LogP contribution in [0, 0.1) is 5.92 Å². The van der Waals surface area contributed by atoms with Gasteiger partial charge in [-0.25, -0.2) is 9.59 Å². The number of piperazine rings is 1. The largest absolute Gasteiger partial charge is 0.434 e. The second-order valence-electron chi connectivity index (χ2n) is 8.76. The highest BCUT2D eigenvalue weighted by Crippen LogP contribution is 2.27. The molecular formula is C24H27N5O4. The minimum absolute atomic E-state index is 0.342. The van der Waals surface area contributed by atoms with Crippen LogP contribution >= 0.6 is 0 Å². The van der Waals surface area contributed by atoms with E-state index in [-0.39, 0.29) is 0 Å². The van der Waals surface area contributed by atoms with E-state index in [9.17, 15) is 14.4 Å². The lowest BCUT2D eigenvalue weighted by Crippen LogP contribution is -2.53. The summed E-state index contributed by atoms with van der Waals surface area (Å²) < 4.78 is 0. The van der Waals surface area contributed by atoms with Crippen LogP contribution in [0.15, 0.2) is 54.9 Å². The van der Waals surface area contributed by atoms with Crippen molar-refractivity contribution < 1.29 is 19.2 Å². The Morgan fingerprint density at radius 1 is 1.00 bits per heavy atom. The summed E-state index contributed by atoms with van der Waals surface area (Å²) in [5, 5.41) is 0.649. The van der Waals surface area contributed by atoms with Crippen molar-refractivity contribution in [1.29, 1.82) is 0 Å². The Bertz CT molecular complexity index is 1010. The Labute approximate surface area is 192 Å². The van der Waals surface area contributed by atoms with Crippen LogP contribution in [0.3, 0.4) is 0 Å². The predicted octanol–water partition coefficient (Wildman–Crippen LogP) is 2.54. The first-order valence-electron chi connectivity index (χ1n) is 11.4. The first-order chi connectivity index (χ1) is 16.1. The predicted molar refractivity (Wildman–Crippen MR) is 120 cm³/mol. The van der Waals surface area contributed by atoms with Gasteiger partial charge >= 0.3 is 12.1 Å². The van der Waals surface area contributed by atoms with Crippen LogP contribution in [0.2, 0.25) is 0 Å². The molecule has 9 nitrogen and oxygen atoms in total. The molecule has 9 heteroatoms. The van der Waals surface area contributed by atoms with E-state index in [1.54, 1.807) is 17.3 Å². The van der Waals surface area contributed by atoms with Crippen molar-refractivity contribution in [2.75, 3.05) is 37.6 Å². The van der Waals surface area contributed by atoms with E-state index in [2.05, 4.69) is 17.1 Å². The number of nitrogens with zero attached hydrogens (tertiary/aromatic N) is 5. The van der Waals surface area contributed by atoms with Gasteiger partial charge in [0, 0.05) is 38.9 Å². The molecule has 172 valence electrons. The van der Waals surface area contributed by atoms with E-state index in [1.165, 1.54) is 10.5 Å². The Morgan fingerprint density at radius 2 is 1.79 bits per heavy atom. The monoisotopic (exact) mass is 449 g/mol. The maximum atomic E-state index is 12.9. The molecule has 0 radical (unpaired) electrons. The molecule has 0 aliphatic carbocycles. The number of imide groups is 1. The maximum Gasteiger partial charge on any atom is 0.434 e. The zero-order valence-corrected chi connectivity index (χ0v) is 18.4. The summed E-state index contributed by atoms with van der Waals surface area (Å²) in [4.78, 5) is 52.9. The van der Waals surface area contributed by atoms with Gasteiger partial charge in [-0.15, -0.1) is 0 Å². The molecule has 4 heterocycles. The van der Waals surface area contributed by atoms with E-state index < -0.39 is 24.1 Å². The summed E-state index contributed by atoms with van der Waals surface area (Å²) in [5.74, 6) is -0.000144. The molecule has 3 fully saturated rings. The van der Waals surface area contributed by atoms with Crippen LogP contribution in [0.25, 0.3) is 0 Å². The van der Waals surface area contributed by atoms with Crippen molar-refractivity contribution in [2.24, 2.45) is 5.92 Å². The summed E-state index contributed by atoms with van der Waals surface area (Å²) >= 11 is 0. The number of pyridine rings is 1. The number of fused-ring (bicyclic) bond motifs is 1. The number of hydrogen-bond acceptors (Lipinski definition) is 6. The number of anilines is 1. The highest BCUT2D eigenvalue weighted by atomic mass is 16.7. The fourth-order valence-electron chi connectivity index (χ4n) is 4.83. The standard InChI is InChI=1S/C24H27N5O4/c30-22-21-17-27(20-7-4-10-25-16-20)13-14-28(21)23(31)29(22)33-24(32)26-11-8-19(9-12-26)15-18-5-2-1-3-6-18/h1-7,10,16,19,21H,8-9,11-15,17H2. The molecule has 0 N–H and O–H groups in total. The van der Waals surface area contributed by atoms with Gasteiger partial charge in [-0.1, -0.05) is 35.4 Å². The van der Waals surface area contributed by atoms with Crippen molar-refractivity contribution >= 4 is 23.7 Å². The first kappa shape index (κ1) is 21.2. The minimum Gasteiger partial charge on any atom is -0.366 e. The van der Waals surface area contributed by atoms with Crippen molar-refractivity contribution in [1.82, 2.24) is 19.8 Å². The van der Waals surface area contributed by atoms with Gasteiger partial charge in [0.05, 0.1) is 11.9 Å². The second kappa shape index (κ2) is 9.09. The summed E-state index contributed by atoms with van der Waals surface area (Å²) in [5.41, 5.74) is 2.19. The van der Waals surface area contributed by atoms with Gasteiger partial charge in [-0.05, 0) is 42.9 Å². The molecule has 5 rings (SSSR count). The molecule has 1 unspecified atom stereocenters. The van der Waals surface area contributed by atoms with Gasteiger partial charge in [-0.3, -0.25) is 9.78 Å². The molecule has 2 aromatic rings. The van der Waals surface area contributed by atoms with Crippen LogP contribution in [0.5, 0.6) is 0 Å². The minimum atomic E-state index is -0.670. The number of rotatable bonds is 4. The normalized spacial score (nSPS) is 21.4. The molecular weight excluding hydrogens is 422 g/mol. The van der Waals surface area contributed by atoms with Gasteiger partial charge in [0.25, 0.3) is 5.91 Å². The molecule has 3 aliphatic heterocycles. The highest BCUT2D eigenvalue weighted by Gasteiger charge is 2.50. The lowest BCUT2D eigenvalue weighted by molar-refractivity contribution is -0.151. The number of benzene rings is 1. The third-order valence-corrected chi connectivity index (χ3v) is 6.71. The molecule has 0 saturated carbocycles. The molecule has 0 bridgehead atoms. The average molecular weight is 450 g/mol. The van der Waals surface area contributed by atoms with E-state index in [1.807, 2.05) is 35.2 Å². The number of carbonyl (C=O) groups excluding carboxylic acids is 3. The number of urea groups is 1. The van der Waals surface area contributed by atoms with E-state index in [0.717, 1.165) is 24.9 Å². The lowest BCUT2D eigenvalue weighted by Gasteiger charge is -2.36. The summed E-state index contributed by atoms with van der Waals surface area (Å²) in [6, 6.07) is 12.8. The SMILES string of the molecule is O=C(ON1C(=O)C2CN(c3cccnc3)CCN2C1=O)N1CCC(Cc2ccccc2)CC1. The molecule has 33 heavy (non-hydrogen) atoms. The second-order valence-corrected chi connectivity index (χ2v) is 8.76. The Hall–Kier alpha value is -3.62. The van der Waals surface area contributed by atoms with Crippen LogP contribution in [-0.2, 0) is 16.1 Å². The average Bonchev–Trinajstić information content (AvgIpc) is 3.10. The number of amides is 4. The first-order valence-corrected chi connectivity index (χ1v) is 11.4. The third-order valence-electron chi connectivity index (χ3n) is 6.71. The van der Waals surface area contributed by atoms with E-state index >= 15 is 0 Å². The maximum absolute atomic E-state index is 12.9. The Balaban J connectivity index is 1.16. The number of carbonyl (C=O) groups is 3. The van der Waals surface area contributed by atoms with Crippen molar-refractivity contribution in [2.45, 2.75) is 25.3 Å². The number of hydroxylamine groups is 2. The lowest BCUT2D eigenvalue weighted by atomic mass is 9.90. The topological polar surface area (TPSA) is 86.3 Å². The molecule has 3 aliphatic rings. The quantitative estimate of drug-likeness (QED) is 0.667. The molecule has 1 atom stereocenters. The number of hydrogen-bond donors (Lipinski definition) is 0. The van der Waals surface area contributed by atoms with Crippen LogP contribution in [0.4, 0.5) is 15.3 Å². The van der Waals surface area contributed by atoms with Gasteiger partial charge in [0.15, 0.2) is 0 Å². The van der Waals surface area contributed by atoms with Crippen LogP contribution in [-0.4, -0.2) is 76.6 Å². The van der Waals surface area contributed by atoms with Crippen molar-refractivity contribution in [3.63, 3.8) is 0 Å². The number of piperidine rings is 1. The summed E-state index contributed by atoms with van der Waals surface area (Å²) in [6.07, 6.45) is 5.49. The third kappa shape index (κ3) is 4.35. The summed E-state index contributed by atoms with van der Waals surface area (Å²) in [7, 11) is 0. The van der Waals surface area contributed by atoms with E-state index in [0.29, 0.717) is 43.7 Å². The molecule has 0 spiro atoms. The van der Waals surface area contributed by atoms with Gasteiger partial charge in [0.1, 0.15) is 6.04 Å².